The largest absolute Gasteiger partial charge is 0.494 e. The Hall–Kier alpha value is -2.21. The summed E-state index contributed by atoms with van der Waals surface area (Å²) in [5, 5.41) is 10.2. The Morgan fingerprint density at radius 2 is 2.25 bits per heavy atom. The first-order valence-electron chi connectivity index (χ1n) is 6.06. The van der Waals surface area contributed by atoms with Crippen molar-refractivity contribution in [1.82, 2.24) is 9.55 Å². The van der Waals surface area contributed by atoms with E-state index in [0.717, 1.165) is 11.3 Å². The average Bonchev–Trinajstić information content (AvgIpc) is 2.68. The van der Waals surface area contributed by atoms with Crippen LogP contribution >= 0.6 is 12.2 Å². The average molecular weight is 289 g/mol. The van der Waals surface area contributed by atoms with Gasteiger partial charge < -0.3 is 5.11 Å². The summed E-state index contributed by atoms with van der Waals surface area (Å²) in [6.07, 6.45) is 5.06. The SMILES string of the molecule is C=CCn1c(O)c(C=C2N=C(C)C=C2C)c(=O)[nH]c1=S. The molecule has 0 amide bonds. The van der Waals surface area contributed by atoms with Crippen molar-refractivity contribution in [2.45, 2.75) is 20.4 Å². The summed E-state index contributed by atoms with van der Waals surface area (Å²) >= 11 is 5.02. The first kappa shape index (κ1) is 14.2. The van der Waals surface area contributed by atoms with E-state index < -0.39 is 5.56 Å². The number of aromatic hydroxyl groups is 1. The molecule has 0 unspecified atom stereocenters. The second-order valence-corrected chi connectivity index (χ2v) is 4.89. The number of hydrogen-bond acceptors (Lipinski definition) is 4. The lowest BCUT2D eigenvalue weighted by Crippen LogP contribution is -2.16. The molecule has 0 saturated carbocycles. The fraction of sp³-hybridized carbons (Fsp3) is 0.214. The van der Waals surface area contributed by atoms with E-state index in [0.29, 0.717) is 12.2 Å². The number of nitrogens with zero attached hydrogens (tertiary/aromatic N) is 2. The first-order valence-corrected chi connectivity index (χ1v) is 6.47. The van der Waals surface area contributed by atoms with Gasteiger partial charge in [0, 0.05) is 12.3 Å². The van der Waals surface area contributed by atoms with E-state index in [2.05, 4.69) is 16.6 Å². The Balaban J connectivity index is 2.65. The lowest BCUT2D eigenvalue weighted by atomic mass is 10.1. The molecule has 0 atom stereocenters. The normalized spacial score (nSPS) is 16.2. The third-order valence-electron chi connectivity index (χ3n) is 2.93. The number of aromatic nitrogens is 2. The van der Waals surface area contributed by atoms with E-state index >= 15 is 0 Å². The molecule has 20 heavy (non-hydrogen) atoms. The van der Waals surface area contributed by atoms with Gasteiger partial charge in [-0.3, -0.25) is 19.3 Å². The predicted molar refractivity (Wildman–Crippen MR) is 82.6 cm³/mol. The van der Waals surface area contributed by atoms with Gasteiger partial charge in [0.15, 0.2) is 4.77 Å². The van der Waals surface area contributed by atoms with Crippen LogP contribution in [0.4, 0.5) is 0 Å². The smallest absolute Gasteiger partial charge is 0.262 e. The van der Waals surface area contributed by atoms with Gasteiger partial charge in [0.05, 0.1) is 5.70 Å². The third-order valence-corrected chi connectivity index (χ3v) is 3.25. The van der Waals surface area contributed by atoms with Gasteiger partial charge in [-0.2, -0.15) is 0 Å². The van der Waals surface area contributed by atoms with E-state index in [4.69, 9.17) is 12.2 Å². The van der Waals surface area contributed by atoms with Crippen LogP contribution in [0, 0.1) is 4.77 Å². The number of allylic oxidation sites excluding steroid dienone is 3. The molecule has 0 saturated heterocycles. The minimum atomic E-state index is -0.437. The lowest BCUT2D eigenvalue weighted by Gasteiger charge is -2.09. The van der Waals surface area contributed by atoms with Crippen molar-refractivity contribution in [3.63, 3.8) is 0 Å². The van der Waals surface area contributed by atoms with Crippen LogP contribution in [0.25, 0.3) is 6.08 Å². The highest BCUT2D eigenvalue weighted by molar-refractivity contribution is 7.71. The van der Waals surface area contributed by atoms with Gasteiger partial charge in [-0.05, 0) is 43.8 Å². The molecule has 2 N–H and O–H groups in total. The lowest BCUT2D eigenvalue weighted by molar-refractivity contribution is 0.412. The summed E-state index contributed by atoms with van der Waals surface area (Å²) in [4.78, 5) is 18.8. The molecule has 1 aromatic rings. The Labute approximate surface area is 121 Å². The monoisotopic (exact) mass is 289 g/mol. The zero-order valence-corrected chi connectivity index (χ0v) is 12.1. The quantitative estimate of drug-likeness (QED) is 0.663. The number of aromatic amines is 1. The minimum Gasteiger partial charge on any atom is -0.494 e. The Morgan fingerprint density at radius 1 is 1.55 bits per heavy atom. The molecule has 104 valence electrons. The molecular formula is C14H15N3O2S. The van der Waals surface area contributed by atoms with Gasteiger partial charge in [-0.25, -0.2) is 0 Å². The van der Waals surface area contributed by atoms with Crippen LogP contribution in [0.1, 0.15) is 19.4 Å². The summed E-state index contributed by atoms with van der Waals surface area (Å²) in [6, 6.07) is 0. The van der Waals surface area contributed by atoms with Crippen LogP contribution in [0.2, 0.25) is 0 Å². The van der Waals surface area contributed by atoms with Crippen LogP contribution in [-0.4, -0.2) is 20.4 Å². The van der Waals surface area contributed by atoms with Crippen molar-refractivity contribution in [2.24, 2.45) is 4.99 Å². The first-order chi connectivity index (χ1) is 9.43. The van der Waals surface area contributed by atoms with Crippen LogP contribution in [0.15, 0.2) is 39.8 Å². The van der Waals surface area contributed by atoms with E-state index in [1.54, 1.807) is 12.2 Å². The van der Waals surface area contributed by atoms with Crippen molar-refractivity contribution in [3.05, 3.63) is 50.7 Å². The number of nitrogens with one attached hydrogen (secondary N) is 1. The van der Waals surface area contributed by atoms with Crippen LogP contribution < -0.4 is 5.56 Å². The Kier molecular flexibility index (Phi) is 3.85. The fourth-order valence-corrected chi connectivity index (χ4v) is 2.24. The highest BCUT2D eigenvalue weighted by Crippen LogP contribution is 2.23. The maximum Gasteiger partial charge on any atom is 0.262 e. The standard InChI is InChI=1S/C14H15N3O2S/c1-4-5-17-13(19)10(12(18)16-14(17)20)7-11-8(2)6-9(3)15-11/h4,6-7,19H,1,5H2,2-3H3,(H,16,18,20). The molecule has 2 rings (SSSR count). The molecule has 1 aliphatic heterocycles. The minimum absolute atomic E-state index is 0.140. The number of aliphatic imine (C=N–C) groups is 1. The maximum absolute atomic E-state index is 12.0. The topological polar surface area (TPSA) is 70.4 Å². The zero-order chi connectivity index (χ0) is 14.9. The summed E-state index contributed by atoms with van der Waals surface area (Å²) in [6.45, 7) is 7.69. The molecule has 0 aliphatic carbocycles. The number of rotatable bonds is 3. The number of hydrogen-bond donors (Lipinski definition) is 2. The maximum atomic E-state index is 12.0. The molecular weight excluding hydrogens is 274 g/mol. The summed E-state index contributed by atoms with van der Waals surface area (Å²) in [5.41, 5.74) is 2.17. The molecule has 0 aromatic carbocycles. The highest BCUT2D eigenvalue weighted by atomic mass is 32.1. The Morgan fingerprint density at radius 3 is 2.80 bits per heavy atom. The molecule has 0 fully saturated rings. The molecule has 1 aliphatic rings. The van der Waals surface area contributed by atoms with Crippen molar-refractivity contribution in [1.29, 1.82) is 0 Å². The molecule has 0 spiro atoms. The zero-order valence-electron chi connectivity index (χ0n) is 11.3. The second kappa shape index (κ2) is 5.42. The van der Waals surface area contributed by atoms with E-state index in [9.17, 15) is 9.90 Å². The van der Waals surface area contributed by atoms with Crippen molar-refractivity contribution in [3.8, 4) is 5.88 Å². The molecule has 2 heterocycles. The summed E-state index contributed by atoms with van der Waals surface area (Å²) < 4.78 is 1.56. The van der Waals surface area contributed by atoms with Gasteiger partial charge in [-0.15, -0.1) is 6.58 Å². The van der Waals surface area contributed by atoms with Crippen molar-refractivity contribution < 1.29 is 5.11 Å². The molecule has 6 heteroatoms. The van der Waals surface area contributed by atoms with Crippen molar-refractivity contribution in [2.75, 3.05) is 0 Å². The van der Waals surface area contributed by atoms with Crippen LogP contribution in [-0.2, 0) is 6.54 Å². The van der Waals surface area contributed by atoms with Gasteiger partial charge in [0.25, 0.3) is 5.56 Å². The highest BCUT2D eigenvalue weighted by Gasteiger charge is 2.13. The third kappa shape index (κ3) is 2.55. The molecule has 0 bridgehead atoms. The number of H-pyrrole nitrogens is 1. The molecule has 0 radical (unpaired) electrons. The Bertz CT molecular complexity index is 779. The summed E-state index contributed by atoms with van der Waals surface area (Å²) in [7, 11) is 0. The van der Waals surface area contributed by atoms with E-state index in [-0.39, 0.29) is 16.2 Å². The van der Waals surface area contributed by atoms with E-state index in [1.807, 2.05) is 19.9 Å². The molecule has 5 nitrogen and oxygen atoms in total. The van der Waals surface area contributed by atoms with E-state index in [1.165, 1.54) is 4.57 Å². The van der Waals surface area contributed by atoms with Crippen LogP contribution in [0.3, 0.4) is 0 Å². The van der Waals surface area contributed by atoms with Crippen molar-refractivity contribution >= 4 is 24.0 Å². The van der Waals surface area contributed by atoms with Gasteiger partial charge in [0.2, 0.25) is 5.88 Å². The summed E-state index contributed by atoms with van der Waals surface area (Å²) in [5.74, 6) is -0.182. The molecule has 1 aromatic heterocycles. The van der Waals surface area contributed by atoms with Crippen LogP contribution in [0.5, 0.6) is 5.88 Å². The van der Waals surface area contributed by atoms with Gasteiger partial charge in [0.1, 0.15) is 5.56 Å². The van der Waals surface area contributed by atoms with Gasteiger partial charge >= 0.3 is 0 Å². The van der Waals surface area contributed by atoms with Gasteiger partial charge in [-0.1, -0.05) is 6.08 Å². The predicted octanol–water partition coefficient (Wildman–Crippen LogP) is 2.56. The second-order valence-electron chi connectivity index (χ2n) is 4.51. The fourth-order valence-electron chi connectivity index (χ4n) is 1.98.